The Hall–Kier alpha value is -1.44. The fourth-order valence-electron chi connectivity index (χ4n) is 1.48. The van der Waals surface area contributed by atoms with Gasteiger partial charge >= 0.3 is 5.97 Å². The topological polar surface area (TPSA) is 70.5 Å². The van der Waals surface area contributed by atoms with Crippen LogP contribution in [0.15, 0.2) is 17.5 Å². The van der Waals surface area contributed by atoms with E-state index in [4.69, 9.17) is 16.7 Å². The van der Waals surface area contributed by atoms with Crippen LogP contribution in [0.4, 0.5) is 0 Å². The van der Waals surface area contributed by atoms with Crippen molar-refractivity contribution >= 4 is 46.2 Å². The van der Waals surface area contributed by atoms with E-state index in [9.17, 15) is 9.59 Å². The molecule has 2 rings (SSSR count). The van der Waals surface area contributed by atoms with Gasteiger partial charge in [0.05, 0.1) is 9.21 Å². The molecule has 5 nitrogen and oxygen atoms in total. The molecule has 0 atom stereocenters. The molecule has 0 aliphatic heterocycles. The number of hydrogen-bond acceptors (Lipinski definition) is 5. The number of halogens is 1. The van der Waals surface area contributed by atoms with Gasteiger partial charge in [-0.1, -0.05) is 11.6 Å². The van der Waals surface area contributed by atoms with Crippen LogP contribution >= 0.6 is 34.3 Å². The Morgan fingerprint density at radius 1 is 1.38 bits per heavy atom. The molecule has 0 unspecified atom stereocenters. The summed E-state index contributed by atoms with van der Waals surface area (Å²) in [6, 6.07) is 3.61. The van der Waals surface area contributed by atoms with E-state index < -0.39 is 17.4 Å². The summed E-state index contributed by atoms with van der Waals surface area (Å²) in [7, 11) is 1.46. The van der Waals surface area contributed by atoms with Crippen molar-refractivity contribution in [3.05, 3.63) is 27.5 Å². The zero-order chi connectivity index (χ0) is 15.8. The minimum Gasteiger partial charge on any atom is -0.480 e. The van der Waals surface area contributed by atoms with E-state index in [0.29, 0.717) is 9.34 Å². The van der Waals surface area contributed by atoms with E-state index in [1.165, 1.54) is 48.5 Å². The van der Waals surface area contributed by atoms with E-state index in [-0.39, 0.29) is 5.69 Å². The number of aromatic nitrogens is 1. The number of thiazole rings is 1. The quantitative estimate of drug-likeness (QED) is 0.922. The highest BCUT2D eigenvalue weighted by molar-refractivity contribution is 7.23. The summed E-state index contributed by atoms with van der Waals surface area (Å²) in [5.74, 6) is -1.49. The van der Waals surface area contributed by atoms with Gasteiger partial charge in [0.25, 0.3) is 5.91 Å². The average molecular weight is 345 g/mol. The first-order valence-electron chi connectivity index (χ1n) is 5.96. The van der Waals surface area contributed by atoms with Gasteiger partial charge in [0, 0.05) is 12.4 Å². The lowest BCUT2D eigenvalue weighted by molar-refractivity contribution is -0.147. The number of rotatable bonds is 4. The Bertz CT molecular complexity index is 693. The van der Waals surface area contributed by atoms with E-state index in [2.05, 4.69) is 4.98 Å². The summed E-state index contributed by atoms with van der Waals surface area (Å²) in [4.78, 5) is 29.9. The number of thiophene rings is 1. The minimum atomic E-state index is -1.30. The number of carbonyl (C=O) groups excluding carboxylic acids is 1. The van der Waals surface area contributed by atoms with Crippen molar-refractivity contribution in [3.63, 3.8) is 0 Å². The molecule has 21 heavy (non-hydrogen) atoms. The van der Waals surface area contributed by atoms with Gasteiger partial charge in [-0.25, -0.2) is 9.78 Å². The molecule has 2 aromatic rings. The summed E-state index contributed by atoms with van der Waals surface area (Å²) in [5.41, 5.74) is -1.07. The number of aliphatic carboxylic acids is 1. The molecule has 0 bridgehead atoms. The molecular formula is C13H13ClN2O3S2. The first-order chi connectivity index (χ1) is 9.73. The van der Waals surface area contributed by atoms with Gasteiger partial charge in [0.15, 0.2) is 0 Å². The van der Waals surface area contributed by atoms with Gasteiger partial charge in [-0.05, 0) is 26.0 Å². The molecular weight excluding hydrogens is 332 g/mol. The van der Waals surface area contributed by atoms with Gasteiger partial charge in [-0.15, -0.1) is 22.7 Å². The summed E-state index contributed by atoms with van der Waals surface area (Å²) in [5, 5.41) is 11.5. The van der Waals surface area contributed by atoms with Crippen LogP contribution in [-0.4, -0.2) is 39.5 Å². The molecule has 0 radical (unpaired) electrons. The number of carboxylic acids is 1. The minimum absolute atomic E-state index is 0.233. The molecule has 2 aromatic heterocycles. The van der Waals surface area contributed by atoms with Crippen molar-refractivity contribution in [3.8, 4) is 9.88 Å². The predicted molar refractivity (Wildman–Crippen MR) is 84.2 cm³/mol. The summed E-state index contributed by atoms with van der Waals surface area (Å²) >= 11 is 8.59. The molecule has 2 heterocycles. The lowest BCUT2D eigenvalue weighted by Crippen LogP contribution is -2.50. The van der Waals surface area contributed by atoms with E-state index in [1.807, 2.05) is 6.07 Å². The van der Waals surface area contributed by atoms with Gasteiger partial charge in [0.2, 0.25) is 0 Å². The van der Waals surface area contributed by atoms with Crippen molar-refractivity contribution in [1.82, 2.24) is 9.88 Å². The van der Waals surface area contributed by atoms with Crippen LogP contribution in [-0.2, 0) is 4.79 Å². The van der Waals surface area contributed by atoms with Crippen LogP contribution in [0.3, 0.4) is 0 Å². The van der Waals surface area contributed by atoms with Crippen molar-refractivity contribution < 1.29 is 14.7 Å². The van der Waals surface area contributed by atoms with E-state index in [0.717, 1.165) is 4.88 Å². The third-order valence-corrected chi connectivity index (χ3v) is 5.42. The molecule has 0 aliphatic carbocycles. The zero-order valence-corrected chi connectivity index (χ0v) is 14.0. The number of amides is 1. The van der Waals surface area contributed by atoms with Crippen molar-refractivity contribution in [2.24, 2.45) is 0 Å². The lowest BCUT2D eigenvalue weighted by atomic mass is 10.0. The molecule has 112 valence electrons. The van der Waals surface area contributed by atoms with Gasteiger partial charge in [-0.2, -0.15) is 0 Å². The number of carbonyl (C=O) groups is 2. The number of hydrogen-bond donors (Lipinski definition) is 1. The summed E-state index contributed by atoms with van der Waals surface area (Å²) in [6.45, 7) is 2.94. The Kier molecular flexibility index (Phi) is 4.36. The molecule has 8 heteroatoms. The Labute approximate surface area is 134 Å². The summed E-state index contributed by atoms with van der Waals surface area (Å²) in [6.07, 6.45) is 0. The fraction of sp³-hybridized carbons (Fsp3) is 0.308. The third kappa shape index (κ3) is 3.09. The van der Waals surface area contributed by atoms with Crippen LogP contribution in [0.2, 0.25) is 4.34 Å². The zero-order valence-electron chi connectivity index (χ0n) is 11.6. The highest BCUT2D eigenvalue weighted by Crippen LogP contribution is 2.33. The van der Waals surface area contributed by atoms with Crippen LogP contribution in [0.25, 0.3) is 9.88 Å². The Morgan fingerprint density at radius 2 is 2.05 bits per heavy atom. The van der Waals surface area contributed by atoms with E-state index in [1.54, 1.807) is 11.4 Å². The second-order valence-corrected chi connectivity index (χ2v) is 7.44. The predicted octanol–water partition coefficient (Wildman–Crippen LogP) is 3.46. The normalized spacial score (nSPS) is 11.4. The number of carboxylic acid groups (broad SMARTS) is 1. The molecule has 0 aromatic carbocycles. The molecule has 0 spiro atoms. The number of likely N-dealkylation sites (N-methyl/N-ethyl adjacent to an activating group) is 1. The standard InChI is InChI=1S/C13H13ClN2O3S2/c1-13(2,12(18)19)16(3)11(17)7-6-20-10(15-7)8-4-5-9(14)21-8/h4-6H,1-3H3,(H,18,19). The van der Waals surface area contributed by atoms with Gasteiger partial charge in [0.1, 0.15) is 16.2 Å². The van der Waals surface area contributed by atoms with Crippen LogP contribution < -0.4 is 0 Å². The second-order valence-electron chi connectivity index (χ2n) is 4.87. The molecule has 1 N–H and O–H groups in total. The van der Waals surface area contributed by atoms with Gasteiger partial charge in [-0.3, -0.25) is 4.79 Å². The first kappa shape index (κ1) is 15.9. The van der Waals surface area contributed by atoms with Crippen molar-refractivity contribution in [2.45, 2.75) is 19.4 Å². The molecule has 1 amide bonds. The third-order valence-electron chi connectivity index (χ3n) is 3.17. The fourth-order valence-corrected chi connectivity index (χ4v) is 3.39. The molecule has 0 aliphatic rings. The largest absolute Gasteiger partial charge is 0.480 e. The van der Waals surface area contributed by atoms with Crippen LogP contribution in [0.1, 0.15) is 24.3 Å². The SMILES string of the molecule is CN(C(=O)c1csc(-c2ccc(Cl)s2)n1)C(C)(C)C(=O)O. The Morgan fingerprint density at radius 3 is 2.57 bits per heavy atom. The smallest absolute Gasteiger partial charge is 0.329 e. The molecule has 0 fully saturated rings. The highest BCUT2D eigenvalue weighted by Gasteiger charge is 2.36. The molecule has 0 saturated heterocycles. The number of nitrogens with zero attached hydrogens (tertiary/aromatic N) is 2. The Balaban J connectivity index is 2.25. The van der Waals surface area contributed by atoms with Crippen molar-refractivity contribution in [2.75, 3.05) is 7.05 Å². The van der Waals surface area contributed by atoms with Crippen LogP contribution in [0, 0.1) is 0 Å². The van der Waals surface area contributed by atoms with E-state index >= 15 is 0 Å². The molecule has 0 saturated carbocycles. The maximum Gasteiger partial charge on any atom is 0.329 e. The maximum atomic E-state index is 12.3. The summed E-state index contributed by atoms with van der Waals surface area (Å²) < 4.78 is 0.650. The van der Waals surface area contributed by atoms with Crippen LogP contribution in [0.5, 0.6) is 0 Å². The van der Waals surface area contributed by atoms with Gasteiger partial charge < -0.3 is 10.0 Å². The van der Waals surface area contributed by atoms with Crippen molar-refractivity contribution in [1.29, 1.82) is 0 Å². The highest BCUT2D eigenvalue weighted by atomic mass is 35.5. The maximum absolute atomic E-state index is 12.3. The average Bonchev–Trinajstić information content (AvgIpc) is 3.05. The first-order valence-corrected chi connectivity index (χ1v) is 8.03. The second kappa shape index (κ2) is 5.75. The lowest BCUT2D eigenvalue weighted by Gasteiger charge is -2.30. The monoisotopic (exact) mass is 344 g/mol.